The van der Waals surface area contributed by atoms with Gasteiger partial charge in [-0.15, -0.1) is 12.4 Å². The van der Waals surface area contributed by atoms with Crippen LogP contribution in [0.25, 0.3) is 0 Å². The third-order valence-corrected chi connectivity index (χ3v) is 4.51. The van der Waals surface area contributed by atoms with Crippen LogP contribution >= 0.6 is 12.4 Å². The van der Waals surface area contributed by atoms with Crippen molar-refractivity contribution in [3.63, 3.8) is 0 Å². The monoisotopic (exact) mass is 323 g/mol. The van der Waals surface area contributed by atoms with Gasteiger partial charge in [0.2, 0.25) is 5.91 Å². The van der Waals surface area contributed by atoms with Crippen LogP contribution in [0.1, 0.15) is 37.7 Å². The molecule has 1 aromatic rings. The molecular formula is C17H26ClN3O. The Morgan fingerprint density at radius 3 is 2.82 bits per heavy atom. The minimum atomic E-state index is 0. The molecule has 1 amide bonds. The van der Waals surface area contributed by atoms with Crippen molar-refractivity contribution >= 4 is 24.0 Å². The molecule has 1 aromatic carbocycles. The lowest BCUT2D eigenvalue weighted by Gasteiger charge is -2.27. The van der Waals surface area contributed by atoms with Gasteiger partial charge in [0.05, 0.1) is 6.54 Å². The third-order valence-electron chi connectivity index (χ3n) is 4.51. The first-order valence-corrected chi connectivity index (χ1v) is 8.16. The summed E-state index contributed by atoms with van der Waals surface area (Å²) >= 11 is 0. The summed E-state index contributed by atoms with van der Waals surface area (Å²) in [6, 6.07) is 8.77. The molecule has 0 bridgehead atoms. The number of rotatable bonds is 3. The molecule has 0 aromatic heterocycles. The Morgan fingerprint density at radius 2 is 2.00 bits per heavy atom. The van der Waals surface area contributed by atoms with Gasteiger partial charge in [0.25, 0.3) is 0 Å². The van der Waals surface area contributed by atoms with Crippen LogP contribution in [0.5, 0.6) is 0 Å². The van der Waals surface area contributed by atoms with Gasteiger partial charge in [-0.25, -0.2) is 0 Å². The summed E-state index contributed by atoms with van der Waals surface area (Å²) in [6.45, 7) is 3.16. The predicted octanol–water partition coefficient (Wildman–Crippen LogP) is 2.47. The van der Waals surface area contributed by atoms with E-state index in [1.54, 1.807) is 0 Å². The topological polar surface area (TPSA) is 44.4 Å². The number of nitrogens with zero attached hydrogens (tertiary/aromatic N) is 1. The Labute approximate surface area is 139 Å². The van der Waals surface area contributed by atoms with E-state index in [-0.39, 0.29) is 18.3 Å². The number of nitrogens with one attached hydrogen (secondary N) is 2. The van der Waals surface area contributed by atoms with Crippen LogP contribution in [-0.2, 0) is 11.3 Å². The van der Waals surface area contributed by atoms with Gasteiger partial charge in [0.15, 0.2) is 0 Å². The number of benzene rings is 1. The zero-order valence-electron chi connectivity index (χ0n) is 13.0. The second kappa shape index (κ2) is 8.39. The van der Waals surface area contributed by atoms with Crippen LogP contribution in [0, 0.1) is 0 Å². The van der Waals surface area contributed by atoms with Gasteiger partial charge in [-0.3, -0.25) is 4.79 Å². The second-order valence-electron chi connectivity index (χ2n) is 6.13. The lowest BCUT2D eigenvalue weighted by atomic mass is 9.95. The Hall–Kier alpha value is -1.26. The number of carbonyl (C=O) groups excluding carboxylic acids is 1. The summed E-state index contributed by atoms with van der Waals surface area (Å²) in [4.78, 5) is 14.5. The number of hydrogen-bond acceptors (Lipinski definition) is 3. The van der Waals surface area contributed by atoms with Crippen LogP contribution in [-0.4, -0.2) is 31.6 Å². The predicted molar refractivity (Wildman–Crippen MR) is 92.6 cm³/mol. The quantitative estimate of drug-likeness (QED) is 0.898. The largest absolute Gasteiger partial charge is 0.361 e. The third kappa shape index (κ3) is 4.37. The van der Waals surface area contributed by atoms with Crippen molar-refractivity contribution in [2.24, 2.45) is 0 Å². The molecule has 122 valence electrons. The maximum absolute atomic E-state index is 12.3. The summed E-state index contributed by atoms with van der Waals surface area (Å²) in [5.74, 6) is 0.165. The van der Waals surface area contributed by atoms with Crippen LogP contribution in [0.15, 0.2) is 24.3 Å². The van der Waals surface area contributed by atoms with E-state index >= 15 is 0 Å². The highest BCUT2D eigenvalue weighted by Crippen LogP contribution is 2.22. The normalized spacial score (nSPS) is 18.8. The molecular weight excluding hydrogens is 298 g/mol. The lowest BCUT2D eigenvalue weighted by Crippen LogP contribution is -2.44. The zero-order chi connectivity index (χ0) is 14.5. The van der Waals surface area contributed by atoms with E-state index in [4.69, 9.17) is 0 Å². The molecule has 1 aliphatic carbocycles. The maximum atomic E-state index is 12.3. The van der Waals surface area contributed by atoms with E-state index in [2.05, 4.69) is 39.8 Å². The average molecular weight is 324 g/mol. The highest BCUT2D eigenvalue weighted by Gasteiger charge is 2.20. The molecule has 2 N–H and O–H groups in total. The first kappa shape index (κ1) is 17.1. The van der Waals surface area contributed by atoms with Crippen molar-refractivity contribution in [2.45, 2.75) is 44.7 Å². The van der Waals surface area contributed by atoms with Crippen molar-refractivity contribution in [1.29, 1.82) is 0 Å². The van der Waals surface area contributed by atoms with Crippen LogP contribution in [0.3, 0.4) is 0 Å². The fraction of sp³-hybridized carbons (Fsp3) is 0.588. The number of carbonyl (C=O) groups is 1. The van der Waals surface area contributed by atoms with Crippen LogP contribution in [0.2, 0.25) is 0 Å². The SMILES string of the molecule is Cl.O=C(CN1CCNCc2ccccc21)NC1CCCCC1. The van der Waals surface area contributed by atoms with Gasteiger partial charge in [-0.1, -0.05) is 37.5 Å². The summed E-state index contributed by atoms with van der Waals surface area (Å²) in [5.41, 5.74) is 2.47. The Bertz CT molecular complexity index is 489. The molecule has 22 heavy (non-hydrogen) atoms. The summed E-state index contributed by atoms with van der Waals surface area (Å²) in [6.07, 6.45) is 6.11. The molecule has 4 nitrogen and oxygen atoms in total. The van der Waals surface area contributed by atoms with Crippen molar-refractivity contribution in [1.82, 2.24) is 10.6 Å². The van der Waals surface area contributed by atoms with E-state index in [1.807, 2.05) is 0 Å². The first-order chi connectivity index (χ1) is 10.3. The highest BCUT2D eigenvalue weighted by molar-refractivity contribution is 5.85. The van der Waals surface area contributed by atoms with E-state index in [1.165, 1.54) is 30.5 Å². The van der Waals surface area contributed by atoms with Crippen molar-refractivity contribution in [3.8, 4) is 0 Å². The number of hydrogen-bond donors (Lipinski definition) is 2. The van der Waals surface area contributed by atoms with Gasteiger partial charge < -0.3 is 15.5 Å². The number of amides is 1. The molecule has 0 saturated heterocycles. The Balaban J connectivity index is 0.00000176. The van der Waals surface area contributed by atoms with E-state index in [9.17, 15) is 4.79 Å². The van der Waals surface area contributed by atoms with E-state index in [0.29, 0.717) is 12.6 Å². The first-order valence-electron chi connectivity index (χ1n) is 8.16. The van der Waals surface area contributed by atoms with Gasteiger partial charge in [-0.05, 0) is 24.5 Å². The standard InChI is InChI=1S/C17H25N3O.ClH/c21-17(19-15-7-2-1-3-8-15)13-20-11-10-18-12-14-6-4-5-9-16(14)20;/h4-6,9,15,18H,1-3,7-8,10-13H2,(H,19,21);1H. The molecule has 1 fully saturated rings. The van der Waals surface area contributed by atoms with E-state index in [0.717, 1.165) is 32.5 Å². The summed E-state index contributed by atoms with van der Waals surface area (Å²) in [7, 11) is 0. The van der Waals surface area contributed by atoms with E-state index < -0.39 is 0 Å². The molecule has 0 unspecified atom stereocenters. The van der Waals surface area contributed by atoms with Crippen LogP contribution in [0.4, 0.5) is 5.69 Å². The molecule has 1 heterocycles. The van der Waals surface area contributed by atoms with Gasteiger partial charge in [-0.2, -0.15) is 0 Å². The zero-order valence-corrected chi connectivity index (χ0v) is 13.8. The highest BCUT2D eigenvalue weighted by atomic mass is 35.5. The fourth-order valence-electron chi connectivity index (χ4n) is 3.38. The average Bonchev–Trinajstić information content (AvgIpc) is 2.71. The smallest absolute Gasteiger partial charge is 0.239 e. The molecule has 0 spiro atoms. The molecule has 5 heteroatoms. The van der Waals surface area contributed by atoms with Crippen molar-refractivity contribution in [3.05, 3.63) is 29.8 Å². The number of halogens is 1. The fourth-order valence-corrected chi connectivity index (χ4v) is 3.38. The number of anilines is 1. The molecule has 2 aliphatic rings. The van der Waals surface area contributed by atoms with Gasteiger partial charge in [0.1, 0.15) is 0 Å². The molecule has 1 aliphatic heterocycles. The summed E-state index contributed by atoms with van der Waals surface area (Å²) in [5, 5.41) is 6.63. The second-order valence-corrected chi connectivity index (χ2v) is 6.13. The molecule has 3 rings (SSSR count). The molecule has 0 atom stereocenters. The molecule has 1 saturated carbocycles. The summed E-state index contributed by atoms with van der Waals surface area (Å²) < 4.78 is 0. The maximum Gasteiger partial charge on any atom is 0.239 e. The number of fused-ring (bicyclic) bond motifs is 1. The van der Waals surface area contributed by atoms with Crippen molar-refractivity contribution in [2.75, 3.05) is 24.5 Å². The molecule has 0 radical (unpaired) electrons. The Kier molecular flexibility index (Phi) is 6.52. The lowest BCUT2D eigenvalue weighted by molar-refractivity contribution is -0.120. The minimum absolute atomic E-state index is 0. The number of para-hydroxylation sites is 1. The van der Waals surface area contributed by atoms with Crippen LogP contribution < -0.4 is 15.5 Å². The van der Waals surface area contributed by atoms with Gasteiger partial charge in [0, 0.05) is 31.4 Å². The Morgan fingerprint density at radius 1 is 1.23 bits per heavy atom. The minimum Gasteiger partial charge on any atom is -0.361 e. The van der Waals surface area contributed by atoms with Gasteiger partial charge >= 0.3 is 0 Å². The van der Waals surface area contributed by atoms with Crippen molar-refractivity contribution < 1.29 is 4.79 Å².